The predicted molar refractivity (Wildman–Crippen MR) is 77.4 cm³/mol. The summed E-state index contributed by atoms with van der Waals surface area (Å²) in [6, 6.07) is 9.27. The lowest BCUT2D eigenvalue weighted by atomic mass is 10.2. The molecule has 0 saturated carbocycles. The van der Waals surface area contributed by atoms with E-state index in [-0.39, 0.29) is 11.8 Å². The van der Waals surface area contributed by atoms with E-state index in [1.165, 1.54) is 4.57 Å². The van der Waals surface area contributed by atoms with E-state index in [1.54, 1.807) is 6.07 Å². The predicted octanol–water partition coefficient (Wildman–Crippen LogP) is 3.04. The highest BCUT2D eigenvalue weighted by Crippen LogP contribution is 2.37. The molecule has 4 heteroatoms. The molecule has 0 aliphatic heterocycles. The Balaban J connectivity index is 2.53. The summed E-state index contributed by atoms with van der Waals surface area (Å²) in [7, 11) is 0. The van der Waals surface area contributed by atoms with Crippen LogP contribution < -0.4 is 4.90 Å². The zero-order valence-electron chi connectivity index (χ0n) is 11.6. The molecule has 0 radical (unpaired) electrons. The lowest BCUT2D eigenvalue weighted by Crippen LogP contribution is -2.21. The number of rotatable bonds is 4. The molecule has 102 valence electrons. The van der Waals surface area contributed by atoms with Crippen LogP contribution in [0.2, 0.25) is 0 Å². The van der Waals surface area contributed by atoms with E-state index < -0.39 is 0 Å². The van der Waals surface area contributed by atoms with Crippen LogP contribution in [0.3, 0.4) is 0 Å². The van der Waals surface area contributed by atoms with Gasteiger partial charge in [0.05, 0.1) is 5.69 Å². The van der Waals surface area contributed by atoms with Gasteiger partial charge in [0.25, 0.3) is 0 Å². The van der Waals surface area contributed by atoms with E-state index >= 15 is 0 Å². The third kappa shape index (κ3) is 2.38. The van der Waals surface area contributed by atoms with Crippen molar-refractivity contribution in [2.24, 2.45) is 0 Å². The van der Waals surface area contributed by atoms with Crippen LogP contribution in [0.1, 0.15) is 19.4 Å². The maximum atomic E-state index is 10.3. The van der Waals surface area contributed by atoms with Crippen LogP contribution in [-0.4, -0.2) is 27.9 Å². The summed E-state index contributed by atoms with van der Waals surface area (Å²) in [5.41, 5.74) is 2.49. The standard InChI is InChI=1S/C15H20N2O2/c1-4-16(5-2)13-10-14(18)17(15(13)19)12-8-6-7-11(3)9-12/h6-10,18-19H,4-5H2,1-3H3. The van der Waals surface area contributed by atoms with Gasteiger partial charge >= 0.3 is 0 Å². The molecular formula is C15H20N2O2. The molecule has 0 saturated heterocycles. The Morgan fingerprint density at radius 2 is 1.79 bits per heavy atom. The molecule has 4 nitrogen and oxygen atoms in total. The fraction of sp³-hybridized carbons (Fsp3) is 0.333. The molecular weight excluding hydrogens is 240 g/mol. The Morgan fingerprint density at radius 3 is 2.37 bits per heavy atom. The van der Waals surface area contributed by atoms with Crippen molar-refractivity contribution in [1.82, 2.24) is 4.57 Å². The van der Waals surface area contributed by atoms with Crippen LogP contribution in [0.15, 0.2) is 30.3 Å². The molecule has 0 amide bonds. The SMILES string of the molecule is CCN(CC)c1cc(O)n(-c2cccc(C)c2)c1O. The topological polar surface area (TPSA) is 48.6 Å². The second-order valence-electron chi connectivity index (χ2n) is 4.56. The van der Waals surface area contributed by atoms with Crippen LogP contribution in [0, 0.1) is 6.92 Å². The van der Waals surface area contributed by atoms with Crippen molar-refractivity contribution in [3.05, 3.63) is 35.9 Å². The summed E-state index contributed by atoms with van der Waals surface area (Å²) in [6.07, 6.45) is 0. The Labute approximate surface area is 113 Å². The zero-order chi connectivity index (χ0) is 14.0. The molecule has 1 heterocycles. The third-order valence-electron chi connectivity index (χ3n) is 3.30. The molecule has 1 aromatic carbocycles. The molecule has 2 N–H and O–H groups in total. The maximum Gasteiger partial charge on any atom is 0.223 e. The number of hydrogen-bond acceptors (Lipinski definition) is 3. The van der Waals surface area contributed by atoms with Crippen LogP contribution in [0.25, 0.3) is 5.69 Å². The molecule has 2 rings (SSSR count). The normalized spacial score (nSPS) is 10.7. The molecule has 0 fully saturated rings. The number of benzene rings is 1. The summed E-state index contributed by atoms with van der Waals surface area (Å²) in [4.78, 5) is 2.00. The van der Waals surface area contributed by atoms with Gasteiger partial charge in [0.2, 0.25) is 11.8 Å². The maximum absolute atomic E-state index is 10.3. The highest BCUT2D eigenvalue weighted by atomic mass is 16.3. The van der Waals surface area contributed by atoms with Crippen molar-refractivity contribution >= 4 is 5.69 Å². The van der Waals surface area contributed by atoms with E-state index in [0.717, 1.165) is 24.3 Å². The van der Waals surface area contributed by atoms with E-state index in [4.69, 9.17) is 0 Å². The average Bonchev–Trinajstić information content (AvgIpc) is 2.67. The monoisotopic (exact) mass is 260 g/mol. The van der Waals surface area contributed by atoms with Gasteiger partial charge in [0.15, 0.2) is 0 Å². The number of anilines is 1. The molecule has 0 unspecified atom stereocenters. The van der Waals surface area contributed by atoms with Gasteiger partial charge in [-0.2, -0.15) is 0 Å². The minimum atomic E-state index is 0.0463. The summed E-state index contributed by atoms with van der Waals surface area (Å²) < 4.78 is 1.46. The first-order valence-electron chi connectivity index (χ1n) is 6.54. The van der Waals surface area contributed by atoms with Crippen LogP contribution in [0.4, 0.5) is 5.69 Å². The van der Waals surface area contributed by atoms with Gasteiger partial charge in [-0.05, 0) is 38.5 Å². The zero-order valence-corrected chi connectivity index (χ0v) is 11.6. The van der Waals surface area contributed by atoms with Gasteiger partial charge in [-0.3, -0.25) is 0 Å². The Bertz CT molecular complexity index is 572. The molecule has 0 aliphatic carbocycles. The largest absolute Gasteiger partial charge is 0.494 e. The number of nitrogens with zero attached hydrogens (tertiary/aromatic N) is 2. The number of aromatic nitrogens is 1. The summed E-state index contributed by atoms with van der Waals surface area (Å²) >= 11 is 0. The van der Waals surface area contributed by atoms with Gasteiger partial charge in [-0.25, -0.2) is 4.57 Å². The van der Waals surface area contributed by atoms with Gasteiger partial charge in [0, 0.05) is 19.2 Å². The lowest BCUT2D eigenvalue weighted by molar-refractivity contribution is 0.402. The number of hydrogen-bond donors (Lipinski definition) is 2. The fourth-order valence-corrected chi connectivity index (χ4v) is 2.29. The van der Waals surface area contributed by atoms with E-state index in [9.17, 15) is 10.2 Å². The van der Waals surface area contributed by atoms with Crippen molar-refractivity contribution in [3.8, 4) is 17.4 Å². The highest BCUT2D eigenvalue weighted by molar-refractivity contribution is 5.63. The highest BCUT2D eigenvalue weighted by Gasteiger charge is 2.18. The molecule has 2 aromatic rings. The molecule has 19 heavy (non-hydrogen) atoms. The summed E-state index contributed by atoms with van der Waals surface area (Å²) in [6.45, 7) is 7.57. The van der Waals surface area contributed by atoms with Crippen LogP contribution in [-0.2, 0) is 0 Å². The van der Waals surface area contributed by atoms with E-state index in [2.05, 4.69) is 0 Å². The third-order valence-corrected chi connectivity index (χ3v) is 3.30. The molecule has 0 spiro atoms. The van der Waals surface area contributed by atoms with Crippen molar-refractivity contribution in [2.75, 3.05) is 18.0 Å². The fourth-order valence-electron chi connectivity index (χ4n) is 2.29. The molecule has 0 atom stereocenters. The average molecular weight is 260 g/mol. The first kappa shape index (κ1) is 13.3. The van der Waals surface area contributed by atoms with Crippen molar-refractivity contribution < 1.29 is 10.2 Å². The summed E-state index contributed by atoms with van der Waals surface area (Å²) in [5.74, 6) is 0.122. The van der Waals surface area contributed by atoms with Crippen LogP contribution >= 0.6 is 0 Å². The quantitative estimate of drug-likeness (QED) is 0.888. The molecule has 0 bridgehead atoms. The van der Waals surface area contributed by atoms with E-state index in [0.29, 0.717) is 5.69 Å². The van der Waals surface area contributed by atoms with Crippen molar-refractivity contribution in [3.63, 3.8) is 0 Å². The summed E-state index contributed by atoms with van der Waals surface area (Å²) in [5, 5.41) is 20.4. The van der Waals surface area contributed by atoms with Gasteiger partial charge in [-0.15, -0.1) is 0 Å². The minimum Gasteiger partial charge on any atom is -0.494 e. The molecule has 0 aliphatic rings. The van der Waals surface area contributed by atoms with E-state index in [1.807, 2.05) is 49.9 Å². The first-order chi connectivity index (χ1) is 9.08. The van der Waals surface area contributed by atoms with Crippen molar-refractivity contribution in [1.29, 1.82) is 0 Å². The second kappa shape index (κ2) is 5.26. The van der Waals surface area contributed by atoms with Crippen LogP contribution in [0.5, 0.6) is 11.8 Å². The smallest absolute Gasteiger partial charge is 0.223 e. The Morgan fingerprint density at radius 1 is 1.11 bits per heavy atom. The lowest BCUT2D eigenvalue weighted by Gasteiger charge is -2.19. The Kier molecular flexibility index (Phi) is 3.69. The van der Waals surface area contributed by atoms with Crippen molar-refractivity contribution in [2.45, 2.75) is 20.8 Å². The van der Waals surface area contributed by atoms with Gasteiger partial charge in [-0.1, -0.05) is 12.1 Å². The minimum absolute atomic E-state index is 0.0463. The van der Waals surface area contributed by atoms with Gasteiger partial charge < -0.3 is 15.1 Å². The molecule has 1 aromatic heterocycles. The first-order valence-corrected chi connectivity index (χ1v) is 6.54. The number of aryl methyl sites for hydroxylation is 1. The number of aromatic hydroxyl groups is 2. The second-order valence-corrected chi connectivity index (χ2v) is 4.56. The Hall–Kier alpha value is -2.10. The van der Waals surface area contributed by atoms with Gasteiger partial charge in [0.1, 0.15) is 5.69 Å².